The van der Waals surface area contributed by atoms with Crippen LogP contribution in [0.1, 0.15) is 34.6 Å². The highest BCUT2D eigenvalue weighted by molar-refractivity contribution is 7.80. The number of amidine groups is 1. The number of hydrogen-bond acceptors (Lipinski definition) is 4. The topological polar surface area (TPSA) is 60.6 Å². The number of aliphatic imine (C=N–C) groups is 1. The van der Waals surface area contributed by atoms with Gasteiger partial charge in [-0.2, -0.15) is 5.26 Å². The van der Waals surface area contributed by atoms with Gasteiger partial charge in [0.15, 0.2) is 5.11 Å². The molecule has 1 saturated heterocycles. The van der Waals surface area contributed by atoms with Crippen molar-refractivity contribution in [1.82, 2.24) is 10.2 Å². The summed E-state index contributed by atoms with van der Waals surface area (Å²) in [5.74, 6) is 1.61. The number of nitriles is 1. The molecule has 25 heavy (non-hydrogen) atoms. The van der Waals surface area contributed by atoms with Crippen LogP contribution < -0.4 is 10.1 Å². The number of rotatable bonds is 5. The fourth-order valence-corrected chi connectivity index (χ4v) is 2.95. The molecule has 0 spiro atoms. The quantitative estimate of drug-likeness (QED) is 0.646. The second kappa shape index (κ2) is 7.40. The van der Waals surface area contributed by atoms with E-state index in [2.05, 4.69) is 32.2 Å². The minimum Gasteiger partial charge on any atom is -0.491 e. The van der Waals surface area contributed by atoms with Crippen molar-refractivity contribution in [1.29, 1.82) is 5.26 Å². The van der Waals surface area contributed by atoms with Crippen molar-refractivity contribution in [3.05, 3.63) is 30.3 Å². The Hall–Kier alpha value is -2.13. The second-order valence-corrected chi connectivity index (χ2v) is 8.10. The molecule has 1 N–H and O–H groups in total. The van der Waals surface area contributed by atoms with Gasteiger partial charge in [0.1, 0.15) is 24.7 Å². The van der Waals surface area contributed by atoms with Crippen LogP contribution in [0.3, 0.4) is 0 Å². The van der Waals surface area contributed by atoms with Crippen LogP contribution >= 0.6 is 12.2 Å². The first-order valence-corrected chi connectivity index (χ1v) is 8.79. The summed E-state index contributed by atoms with van der Waals surface area (Å²) in [7, 11) is 0. The zero-order chi connectivity index (χ0) is 18.7. The molecule has 0 saturated carbocycles. The summed E-state index contributed by atoms with van der Waals surface area (Å²) in [6, 6.07) is 11.9. The zero-order valence-corrected chi connectivity index (χ0v) is 16.4. The van der Waals surface area contributed by atoms with Gasteiger partial charge in [-0.05, 0) is 43.6 Å². The van der Waals surface area contributed by atoms with E-state index in [4.69, 9.17) is 27.2 Å². The Morgan fingerprint density at radius 2 is 1.96 bits per heavy atom. The standard InChI is InChI=1S/C19H26N4OS/c1-18(2,3)15(13-24-14-9-7-6-8-10-14)21-16-19(4,5)23(12-11-20)17(25)22-16/h6-10,15H,12-13H2,1-5H3,(H,21,22,25)/t15-/m1/s1. The monoisotopic (exact) mass is 358 g/mol. The van der Waals surface area contributed by atoms with Crippen molar-refractivity contribution < 1.29 is 4.74 Å². The van der Waals surface area contributed by atoms with Gasteiger partial charge in [-0.25, -0.2) is 0 Å². The second-order valence-electron chi connectivity index (χ2n) is 7.72. The number of ether oxygens (including phenoxy) is 1. The van der Waals surface area contributed by atoms with E-state index in [-0.39, 0.29) is 18.0 Å². The van der Waals surface area contributed by atoms with E-state index in [0.717, 1.165) is 11.6 Å². The molecule has 134 valence electrons. The molecule has 0 amide bonds. The number of thiocarbonyl (C=S) groups is 1. The molecule has 0 bridgehead atoms. The van der Waals surface area contributed by atoms with Gasteiger partial charge in [-0.3, -0.25) is 4.99 Å². The molecule has 1 aromatic carbocycles. The molecule has 5 nitrogen and oxygen atoms in total. The maximum absolute atomic E-state index is 9.05. The van der Waals surface area contributed by atoms with Gasteiger partial charge in [-0.15, -0.1) is 0 Å². The van der Waals surface area contributed by atoms with Gasteiger partial charge in [-0.1, -0.05) is 39.0 Å². The molecule has 6 heteroatoms. The van der Waals surface area contributed by atoms with Crippen LogP contribution in [0.15, 0.2) is 35.3 Å². The number of nitrogens with zero attached hydrogens (tertiary/aromatic N) is 3. The van der Waals surface area contributed by atoms with Crippen LogP contribution in [0.25, 0.3) is 0 Å². The van der Waals surface area contributed by atoms with Crippen LogP contribution in [0.4, 0.5) is 0 Å². The zero-order valence-electron chi connectivity index (χ0n) is 15.5. The first-order chi connectivity index (χ1) is 11.7. The van der Waals surface area contributed by atoms with Crippen LogP contribution in [0, 0.1) is 16.7 Å². The highest BCUT2D eigenvalue weighted by Gasteiger charge is 2.42. The van der Waals surface area contributed by atoms with Gasteiger partial charge in [0.25, 0.3) is 0 Å². The lowest BCUT2D eigenvalue weighted by atomic mass is 9.87. The summed E-state index contributed by atoms with van der Waals surface area (Å²) in [5.41, 5.74) is -0.521. The van der Waals surface area contributed by atoms with E-state index in [0.29, 0.717) is 11.7 Å². The third-order valence-electron chi connectivity index (χ3n) is 4.39. The molecular weight excluding hydrogens is 332 g/mol. The highest BCUT2D eigenvalue weighted by Crippen LogP contribution is 2.28. The van der Waals surface area contributed by atoms with Gasteiger partial charge < -0.3 is 15.0 Å². The molecule has 1 heterocycles. The average Bonchev–Trinajstić information content (AvgIpc) is 2.74. The van der Waals surface area contributed by atoms with Crippen LogP contribution in [0.5, 0.6) is 5.75 Å². The Labute approximate surface area is 155 Å². The SMILES string of the molecule is CC(C)(C)[C@@H](COc1ccccc1)N=C1NC(=S)N(CC#N)C1(C)C. The minimum atomic E-state index is -0.441. The smallest absolute Gasteiger partial charge is 0.176 e. The molecule has 0 aromatic heterocycles. The Morgan fingerprint density at radius 3 is 2.52 bits per heavy atom. The van der Waals surface area contributed by atoms with E-state index < -0.39 is 5.54 Å². The average molecular weight is 359 g/mol. The van der Waals surface area contributed by atoms with Crippen molar-refractivity contribution in [3.8, 4) is 11.8 Å². The van der Waals surface area contributed by atoms with Crippen molar-refractivity contribution in [2.75, 3.05) is 13.2 Å². The van der Waals surface area contributed by atoms with Gasteiger partial charge in [0.2, 0.25) is 0 Å². The largest absolute Gasteiger partial charge is 0.491 e. The van der Waals surface area contributed by atoms with Crippen molar-refractivity contribution in [3.63, 3.8) is 0 Å². The van der Waals surface area contributed by atoms with Gasteiger partial charge >= 0.3 is 0 Å². The molecule has 1 fully saturated rings. The predicted molar refractivity (Wildman–Crippen MR) is 105 cm³/mol. The Kier molecular flexibility index (Phi) is 5.69. The molecule has 0 unspecified atom stereocenters. The van der Waals surface area contributed by atoms with Crippen molar-refractivity contribution in [2.45, 2.75) is 46.2 Å². The van der Waals surface area contributed by atoms with E-state index >= 15 is 0 Å². The van der Waals surface area contributed by atoms with Crippen molar-refractivity contribution >= 4 is 23.2 Å². The molecule has 1 aliphatic rings. The summed E-state index contributed by atoms with van der Waals surface area (Å²) in [5, 5.41) is 12.8. The summed E-state index contributed by atoms with van der Waals surface area (Å²) in [4.78, 5) is 6.80. The lowest BCUT2D eigenvalue weighted by Crippen LogP contribution is -2.45. The molecule has 1 atom stereocenters. The summed E-state index contributed by atoms with van der Waals surface area (Å²) >= 11 is 5.37. The number of benzene rings is 1. The molecule has 0 radical (unpaired) electrons. The normalized spacial score (nSPS) is 19.4. The highest BCUT2D eigenvalue weighted by atomic mass is 32.1. The van der Waals surface area contributed by atoms with Gasteiger partial charge in [0.05, 0.1) is 17.6 Å². The minimum absolute atomic E-state index is 0.0562. The summed E-state index contributed by atoms with van der Waals surface area (Å²) in [6.45, 7) is 11.2. The molecule has 1 aromatic rings. The predicted octanol–water partition coefficient (Wildman–Crippen LogP) is 3.37. The van der Waals surface area contributed by atoms with E-state index in [1.807, 2.05) is 49.1 Å². The van der Waals surface area contributed by atoms with Crippen LogP contribution in [-0.2, 0) is 0 Å². The van der Waals surface area contributed by atoms with Crippen LogP contribution in [-0.4, -0.2) is 40.6 Å². The number of nitrogens with one attached hydrogen (secondary N) is 1. The Morgan fingerprint density at radius 1 is 1.32 bits per heavy atom. The fourth-order valence-electron chi connectivity index (χ4n) is 2.56. The lowest BCUT2D eigenvalue weighted by Gasteiger charge is -2.32. The lowest BCUT2D eigenvalue weighted by molar-refractivity contribution is 0.205. The number of hydrogen-bond donors (Lipinski definition) is 1. The Balaban J connectivity index is 2.23. The van der Waals surface area contributed by atoms with Gasteiger partial charge in [0, 0.05) is 0 Å². The summed E-state index contributed by atoms with van der Waals surface area (Å²) < 4.78 is 5.94. The molecule has 0 aliphatic carbocycles. The molecule has 1 aliphatic heterocycles. The molecular formula is C19H26N4OS. The first kappa shape index (κ1) is 19.2. The maximum Gasteiger partial charge on any atom is 0.176 e. The third-order valence-corrected chi connectivity index (χ3v) is 4.71. The van der Waals surface area contributed by atoms with Crippen molar-refractivity contribution in [2.24, 2.45) is 10.4 Å². The van der Waals surface area contributed by atoms with E-state index in [1.165, 1.54) is 0 Å². The van der Waals surface area contributed by atoms with Crippen LogP contribution in [0.2, 0.25) is 0 Å². The first-order valence-electron chi connectivity index (χ1n) is 8.38. The summed E-state index contributed by atoms with van der Waals surface area (Å²) in [6.07, 6.45) is 0. The van der Waals surface area contributed by atoms with E-state index in [1.54, 1.807) is 0 Å². The fraction of sp³-hybridized carbons (Fsp3) is 0.526. The number of para-hydroxylation sites is 1. The third kappa shape index (κ3) is 4.49. The molecule has 2 rings (SSSR count). The van der Waals surface area contributed by atoms with E-state index in [9.17, 15) is 0 Å². The maximum atomic E-state index is 9.05. The Bertz CT molecular complexity index is 686.